The maximum absolute atomic E-state index is 6.08. The molecular weight excluding hydrogens is 251 g/mol. The van der Waals surface area contributed by atoms with Gasteiger partial charge in [-0.1, -0.05) is 41.4 Å². The van der Waals surface area contributed by atoms with Crippen molar-refractivity contribution in [1.82, 2.24) is 0 Å². The van der Waals surface area contributed by atoms with E-state index < -0.39 is 0 Å². The minimum Gasteiger partial charge on any atom is -0.0843 e. The summed E-state index contributed by atoms with van der Waals surface area (Å²) in [7, 11) is 0. The smallest absolute Gasteiger partial charge is 0.0409 e. The van der Waals surface area contributed by atoms with Crippen molar-refractivity contribution in [2.75, 3.05) is 0 Å². The van der Waals surface area contributed by atoms with E-state index in [4.69, 9.17) is 23.2 Å². The van der Waals surface area contributed by atoms with E-state index >= 15 is 0 Å². The largest absolute Gasteiger partial charge is 0.0843 e. The first kappa shape index (κ1) is 11.1. The number of hydrogen-bond acceptors (Lipinski definition) is 0. The predicted molar refractivity (Wildman–Crippen MR) is 73.1 cm³/mol. The fourth-order valence-corrected chi connectivity index (χ4v) is 2.92. The van der Waals surface area contributed by atoms with Gasteiger partial charge in [0.2, 0.25) is 0 Å². The molecule has 1 atom stereocenters. The van der Waals surface area contributed by atoms with E-state index in [-0.39, 0.29) is 0 Å². The van der Waals surface area contributed by atoms with Crippen molar-refractivity contribution in [3.63, 3.8) is 0 Å². The molecule has 0 bridgehead atoms. The second-order valence-electron chi connectivity index (χ2n) is 4.49. The molecule has 2 aromatic carbocycles. The van der Waals surface area contributed by atoms with Crippen LogP contribution in [0.2, 0.25) is 10.0 Å². The molecule has 0 saturated heterocycles. The summed E-state index contributed by atoms with van der Waals surface area (Å²) < 4.78 is 0. The summed E-state index contributed by atoms with van der Waals surface area (Å²) in [5.74, 6) is 0.473. The highest BCUT2D eigenvalue weighted by Crippen LogP contribution is 2.39. The minimum atomic E-state index is 0.473. The Kier molecular flexibility index (Phi) is 2.85. The molecule has 0 saturated carbocycles. The third-order valence-corrected chi connectivity index (χ3v) is 3.95. The van der Waals surface area contributed by atoms with Crippen molar-refractivity contribution in [2.45, 2.75) is 18.8 Å². The van der Waals surface area contributed by atoms with Crippen LogP contribution in [0.4, 0.5) is 0 Å². The lowest BCUT2D eigenvalue weighted by molar-refractivity contribution is 0.788. The average Bonchev–Trinajstić information content (AvgIpc) is 2.73. The molecule has 0 aromatic heterocycles. The summed E-state index contributed by atoms with van der Waals surface area (Å²) in [6, 6.07) is 14.4. The molecule has 1 unspecified atom stereocenters. The molecule has 1 aliphatic rings. The average molecular weight is 263 g/mol. The lowest BCUT2D eigenvalue weighted by Gasteiger charge is -2.12. The fraction of sp³-hybridized carbons (Fsp3) is 0.200. The summed E-state index contributed by atoms with van der Waals surface area (Å²) in [4.78, 5) is 0. The molecular formula is C15H12Cl2. The van der Waals surface area contributed by atoms with Crippen molar-refractivity contribution in [2.24, 2.45) is 0 Å². The zero-order chi connectivity index (χ0) is 11.8. The van der Waals surface area contributed by atoms with E-state index in [0.29, 0.717) is 5.92 Å². The molecule has 0 N–H and O–H groups in total. The normalized spacial score (nSPS) is 18.1. The van der Waals surface area contributed by atoms with Gasteiger partial charge in [-0.2, -0.15) is 0 Å². The topological polar surface area (TPSA) is 0 Å². The molecule has 1 aliphatic carbocycles. The van der Waals surface area contributed by atoms with Crippen LogP contribution in [0.5, 0.6) is 0 Å². The van der Waals surface area contributed by atoms with Gasteiger partial charge in [-0.25, -0.2) is 0 Å². The SMILES string of the molecule is Clc1ccc(C2CCc3ccc(Cl)cc32)cc1. The molecule has 2 aromatic rings. The molecule has 2 heteroatoms. The van der Waals surface area contributed by atoms with E-state index in [1.165, 1.54) is 16.7 Å². The Labute approximate surface area is 111 Å². The van der Waals surface area contributed by atoms with Gasteiger partial charge in [-0.05, 0) is 53.8 Å². The first-order valence-electron chi connectivity index (χ1n) is 5.78. The molecule has 0 amide bonds. The summed E-state index contributed by atoms with van der Waals surface area (Å²) in [5, 5.41) is 1.61. The monoisotopic (exact) mass is 262 g/mol. The van der Waals surface area contributed by atoms with Gasteiger partial charge in [0.05, 0.1) is 0 Å². The first-order valence-corrected chi connectivity index (χ1v) is 6.53. The zero-order valence-electron chi connectivity index (χ0n) is 9.29. The Hall–Kier alpha value is -0.980. The quantitative estimate of drug-likeness (QED) is 0.673. The number of benzene rings is 2. The maximum Gasteiger partial charge on any atom is 0.0409 e. The highest BCUT2D eigenvalue weighted by Gasteiger charge is 2.23. The van der Waals surface area contributed by atoms with Gasteiger partial charge >= 0.3 is 0 Å². The van der Waals surface area contributed by atoms with Gasteiger partial charge in [-0.15, -0.1) is 0 Å². The lowest BCUT2D eigenvalue weighted by Crippen LogP contribution is -1.95. The number of halogens is 2. The maximum atomic E-state index is 6.08. The molecule has 0 heterocycles. The Morgan fingerprint density at radius 1 is 0.882 bits per heavy atom. The van der Waals surface area contributed by atoms with E-state index in [1.807, 2.05) is 18.2 Å². The highest BCUT2D eigenvalue weighted by atomic mass is 35.5. The fourth-order valence-electron chi connectivity index (χ4n) is 2.61. The van der Waals surface area contributed by atoms with Crippen LogP contribution in [0.3, 0.4) is 0 Å². The van der Waals surface area contributed by atoms with Crippen LogP contribution in [-0.2, 0) is 6.42 Å². The van der Waals surface area contributed by atoms with Crippen LogP contribution in [0.25, 0.3) is 0 Å². The molecule has 0 radical (unpaired) electrons. The second-order valence-corrected chi connectivity index (χ2v) is 5.36. The van der Waals surface area contributed by atoms with E-state index in [1.54, 1.807) is 0 Å². The lowest BCUT2D eigenvalue weighted by atomic mass is 9.93. The number of aryl methyl sites for hydroxylation is 1. The van der Waals surface area contributed by atoms with Gasteiger partial charge in [-0.3, -0.25) is 0 Å². The number of hydrogen-bond donors (Lipinski definition) is 0. The number of rotatable bonds is 1. The predicted octanol–water partition coefficient (Wildman–Crippen LogP) is 5.07. The van der Waals surface area contributed by atoms with E-state index in [0.717, 1.165) is 22.9 Å². The summed E-state index contributed by atoms with van der Waals surface area (Å²) in [6.07, 6.45) is 2.30. The van der Waals surface area contributed by atoms with Crippen LogP contribution in [0.15, 0.2) is 42.5 Å². The Morgan fingerprint density at radius 3 is 2.35 bits per heavy atom. The highest BCUT2D eigenvalue weighted by molar-refractivity contribution is 6.30. The van der Waals surface area contributed by atoms with E-state index in [9.17, 15) is 0 Å². The Bertz CT molecular complexity index is 543. The molecule has 0 aliphatic heterocycles. The molecule has 0 fully saturated rings. The third kappa shape index (κ3) is 2.08. The van der Waals surface area contributed by atoms with Gasteiger partial charge in [0, 0.05) is 16.0 Å². The second kappa shape index (κ2) is 4.36. The Morgan fingerprint density at radius 2 is 1.59 bits per heavy atom. The van der Waals surface area contributed by atoms with Crippen LogP contribution >= 0.6 is 23.2 Å². The van der Waals surface area contributed by atoms with Crippen LogP contribution < -0.4 is 0 Å². The van der Waals surface area contributed by atoms with Gasteiger partial charge in [0.25, 0.3) is 0 Å². The van der Waals surface area contributed by atoms with Gasteiger partial charge in [0.1, 0.15) is 0 Å². The molecule has 3 rings (SSSR count). The standard InChI is InChI=1S/C15H12Cl2/c16-12-5-1-10(2-6-12)14-8-4-11-3-7-13(17)9-15(11)14/h1-3,5-7,9,14H,4,8H2. The van der Waals surface area contributed by atoms with Crippen molar-refractivity contribution in [3.05, 3.63) is 69.2 Å². The van der Waals surface area contributed by atoms with Crippen molar-refractivity contribution in [1.29, 1.82) is 0 Å². The number of fused-ring (bicyclic) bond motifs is 1. The van der Waals surface area contributed by atoms with Crippen LogP contribution in [0, 0.1) is 0 Å². The zero-order valence-corrected chi connectivity index (χ0v) is 10.8. The van der Waals surface area contributed by atoms with Crippen molar-refractivity contribution in [3.8, 4) is 0 Å². The Balaban J connectivity index is 2.03. The summed E-state index contributed by atoms with van der Waals surface area (Å²) >= 11 is 12.0. The molecule has 0 nitrogen and oxygen atoms in total. The molecule has 17 heavy (non-hydrogen) atoms. The van der Waals surface area contributed by atoms with Gasteiger partial charge in [0.15, 0.2) is 0 Å². The van der Waals surface area contributed by atoms with Crippen molar-refractivity contribution >= 4 is 23.2 Å². The molecule has 86 valence electrons. The summed E-state index contributed by atoms with van der Waals surface area (Å²) in [6.45, 7) is 0. The first-order chi connectivity index (χ1) is 8.24. The van der Waals surface area contributed by atoms with Crippen molar-refractivity contribution < 1.29 is 0 Å². The minimum absolute atomic E-state index is 0.473. The van der Waals surface area contributed by atoms with E-state index in [2.05, 4.69) is 24.3 Å². The third-order valence-electron chi connectivity index (χ3n) is 3.46. The van der Waals surface area contributed by atoms with Crippen LogP contribution in [0.1, 0.15) is 29.0 Å². The van der Waals surface area contributed by atoms with Gasteiger partial charge < -0.3 is 0 Å². The van der Waals surface area contributed by atoms with Crippen LogP contribution in [-0.4, -0.2) is 0 Å². The summed E-state index contributed by atoms with van der Waals surface area (Å²) in [5.41, 5.74) is 4.13. The molecule has 0 spiro atoms.